The van der Waals surface area contributed by atoms with Gasteiger partial charge in [0.2, 0.25) is 5.91 Å². The van der Waals surface area contributed by atoms with Crippen molar-refractivity contribution in [1.82, 2.24) is 15.5 Å². The molecule has 0 aromatic heterocycles. The summed E-state index contributed by atoms with van der Waals surface area (Å²) in [6, 6.07) is 16.2. The number of benzene rings is 2. The minimum absolute atomic E-state index is 0.0338. The van der Waals surface area contributed by atoms with Crippen LogP contribution in [0.4, 0.5) is 4.79 Å². The Hall–Kier alpha value is -3.39. The van der Waals surface area contributed by atoms with E-state index in [1.54, 1.807) is 38.3 Å². The van der Waals surface area contributed by atoms with Crippen LogP contribution in [0.15, 0.2) is 54.6 Å². The van der Waals surface area contributed by atoms with Crippen LogP contribution in [0.5, 0.6) is 5.75 Å². The van der Waals surface area contributed by atoms with Crippen molar-refractivity contribution in [2.45, 2.75) is 31.9 Å². The van der Waals surface area contributed by atoms with E-state index in [9.17, 15) is 14.4 Å². The van der Waals surface area contributed by atoms with Gasteiger partial charge < -0.3 is 20.1 Å². The van der Waals surface area contributed by atoms with Gasteiger partial charge in [0, 0.05) is 13.2 Å². The van der Waals surface area contributed by atoms with Crippen LogP contribution in [0, 0.1) is 0 Å². The number of ether oxygens (including phenoxy) is 2. The van der Waals surface area contributed by atoms with Gasteiger partial charge >= 0.3 is 6.03 Å². The Bertz CT molecular complexity index is 948. The molecule has 3 rings (SSSR count). The molecule has 0 spiro atoms. The highest BCUT2D eigenvalue weighted by molar-refractivity contribution is 6.09. The topological polar surface area (TPSA) is 97.0 Å². The van der Waals surface area contributed by atoms with Crippen molar-refractivity contribution >= 4 is 17.8 Å². The van der Waals surface area contributed by atoms with Crippen LogP contribution in [0.2, 0.25) is 0 Å². The van der Waals surface area contributed by atoms with Crippen LogP contribution >= 0.6 is 0 Å². The Morgan fingerprint density at radius 3 is 2.47 bits per heavy atom. The van der Waals surface area contributed by atoms with Crippen molar-refractivity contribution in [3.63, 3.8) is 0 Å². The molecule has 8 nitrogen and oxygen atoms in total. The summed E-state index contributed by atoms with van der Waals surface area (Å²) in [5.41, 5.74) is 0.477. The van der Waals surface area contributed by atoms with Crippen molar-refractivity contribution in [3.05, 3.63) is 65.7 Å². The second-order valence-corrected chi connectivity index (χ2v) is 7.80. The molecule has 170 valence electrons. The summed E-state index contributed by atoms with van der Waals surface area (Å²) in [5, 5.41) is 5.43. The normalized spacial score (nSPS) is 18.9. The second kappa shape index (κ2) is 10.3. The summed E-state index contributed by atoms with van der Waals surface area (Å²) >= 11 is 0. The summed E-state index contributed by atoms with van der Waals surface area (Å²) in [4.78, 5) is 38.5. The van der Waals surface area contributed by atoms with E-state index in [1.807, 2.05) is 37.3 Å². The minimum Gasteiger partial charge on any atom is -0.497 e. The van der Waals surface area contributed by atoms with Gasteiger partial charge in [0.25, 0.3) is 5.91 Å². The Labute approximate surface area is 187 Å². The first kappa shape index (κ1) is 23.3. The molecule has 1 fully saturated rings. The van der Waals surface area contributed by atoms with Crippen LogP contribution in [0.1, 0.15) is 37.5 Å². The highest BCUT2D eigenvalue weighted by Crippen LogP contribution is 2.29. The fourth-order valence-electron chi connectivity index (χ4n) is 3.54. The van der Waals surface area contributed by atoms with Crippen molar-refractivity contribution in [3.8, 4) is 5.75 Å². The fourth-order valence-corrected chi connectivity index (χ4v) is 3.54. The van der Waals surface area contributed by atoms with Crippen LogP contribution in [0.25, 0.3) is 0 Å². The molecule has 32 heavy (non-hydrogen) atoms. The quantitative estimate of drug-likeness (QED) is 0.438. The van der Waals surface area contributed by atoms with Gasteiger partial charge in [-0.15, -0.1) is 0 Å². The van der Waals surface area contributed by atoms with Crippen molar-refractivity contribution in [1.29, 1.82) is 0 Å². The smallest absolute Gasteiger partial charge is 0.325 e. The Morgan fingerprint density at radius 2 is 1.81 bits per heavy atom. The summed E-state index contributed by atoms with van der Waals surface area (Å²) in [5.74, 6) is -0.223. The molecule has 2 atom stereocenters. The van der Waals surface area contributed by atoms with Gasteiger partial charge in [-0.3, -0.25) is 14.5 Å². The lowest BCUT2D eigenvalue weighted by atomic mass is 9.92. The second-order valence-electron chi connectivity index (χ2n) is 7.80. The molecular weight excluding hydrogens is 410 g/mol. The maximum Gasteiger partial charge on any atom is 0.325 e. The molecule has 4 amide bonds. The van der Waals surface area contributed by atoms with E-state index in [0.717, 1.165) is 10.5 Å². The third kappa shape index (κ3) is 5.26. The average Bonchev–Trinajstić information content (AvgIpc) is 3.03. The summed E-state index contributed by atoms with van der Waals surface area (Å²) in [7, 11) is 1.55. The van der Waals surface area contributed by atoms with E-state index < -0.39 is 23.4 Å². The van der Waals surface area contributed by atoms with E-state index in [0.29, 0.717) is 30.9 Å². The van der Waals surface area contributed by atoms with Crippen molar-refractivity contribution < 1.29 is 23.9 Å². The summed E-state index contributed by atoms with van der Waals surface area (Å²) < 4.78 is 10.9. The number of imide groups is 1. The lowest BCUT2D eigenvalue weighted by Gasteiger charge is -2.22. The zero-order valence-electron chi connectivity index (χ0n) is 18.6. The molecule has 0 radical (unpaired) electrons. The lowest BCUT2D eigenvalue weighted by molar-refractivity contribution is -0.134. The first-order chi connectivity index (χ1) is 15.3. The molecule has 2 unspecified atom stereocenters. The van der Waals surface area contributed by atoms with Gasteiger partial charge in [-0.1, -0.05) is 42.5 Å². The van der Waals surface area contributed by atoms with Gasteiger partial charge in [-0.25, -0.2) is 4.79 Å². The summed E-state index contributed by atoms with van der Waals surface area (Å²) in [6.45, 7) is 4.13. The third-order valence-corrected chi connectivity index (χ3v) is 5.52. The molecule has 8 heteroatoms. The first-order valence-corrected chi connectivity index (χ1v) is 10.6. The molecule has 0 bridgehead atoms. The Balaban J connectivity index is 1.45. The zero-order valence-corrected chi connectivity index (χ0v) is 18.6. The molecule has 0 aliphatic carbocycles. The monoisotopic (exact) mass is 439 g/mol. The zero-order chi connectivity index (χ0) is 23.1. The van der Waals surface area contributed by atoms with Crippen molar-refractivity contribution in [2.75, 3.05) is 26.8 Å². The van der Waals surface area contributed by atoms with Crippen molar-refractivity contribution in [2.24, 2.45) is 0 Å². The number of nitrogens with one attached hydrogen (secondary N) is 2. The predicted molar refractivity (Wildman–Crippen MR) is 119 cm³/mol. The maximum atomic E-state index is 12.9. The molecular formula is C24H29N3O5. The van der Waals surface area contributed by atoms with Crippen LogP contribution in [-0.4, -0.2) is 49.6 Å². The van der Waals surface area contributed by atoms with Gasteiger partial charge in [0.05, 0.1) is 13.2 Å². The lowest BCUT2D eigenvalue weighted by Crippen LogP contribution is -2.43. The highest BCUT2D eigenvalue weighted by atomic mass is 16.5. The minimum atomic E-state index is -1.23. The number of hydrogen-bond donors (Lipinski definition) is 2. The van der Waals surface area contributed by atoms with Crippen LogP contribution in [-0.2, 0) is 19.9 Å². The standard InChI is InChI=1S/C24H29N3O5/c1-17(18-8-5-4-6-9-18)32-15-7-14-25-21(28)16-27-22(29)24(2,26-23(27)30)19-10-12-20(31-3)13-11-19/h4-6,8-13,17H,7,14-16H2,1-3H3,(H,25,28)(H,26,30). The van der Waals surface area contributed by atoms with E-state index in [2.05, 4.69) is 10.6 Å². The molecule has 1 aliphatic heterocycles. The molecule has 2 aromatic carbocycles. The van der Waals surface area contributed by atoms with Gasteiger partial charge in [-0.05, 0) is 43.5 Å². The number of urea groups is 1. The number of hydrogen-bond acceptors (Lipinski definition) is 5. The number of carbonyl (C=O) groups is 3. The largest absolute Gasteiger partial charge is 0.497 e. The third-order valence-electron chi connectivity index (χ3n) is 5.52. The fraction of sp³-hybridized carbons (Fsp3) is 0.375. The molecule has 0 saturated carbocycles. The SMILES string of the molecule is COc1ccc(C2(C)NC(=O)N(CC(=O)NCCCOC(C)c3ccccc3)C2=O)cc1. The van der Waals surface area contributed by atoms with Gasteiger partial charge in [0.15, 0.2) is 0 Å². The van der Waals surface area contributed by atoms with Gasteiger partial charge in [-0.2, -0.15) is 0 Å². The number of nitrogens with zero attached hydrogens (tertiary/aromatic N) is 1. The Kier molecular flexibility index (Phi) is 7.48. The number of amides is 4. The number of carbonyl (C=O) groups excluding carboxylic acids is 3. The highest BCUT2D eigenvalue weighted by Gasteiger charge is 2.49. The molecule has 1 saturated heterocycles. The molecule has 1 aliphatic rings. The number of methoxy groups -OCH3 is 1. The average molecular weight is 440 g/mol. The molecule has 2 aromatic rings. The summed E-state index contributed by atoms with van der Waals surface area (Å²) in [6.07, 6.45) is 0.584. The number of rotatable bonds is 10. The first-order valence-electron chi connectivity index (χ1n) is 10.6. The van der Waals surface area contributed by atoms with E-state index >= 15 is 0 Å². The van der Waals surface area contributed by atoms with E-state index in [-0.39, 0.29) is 12.6 Å². The Morgan fingerprint density at radius 1 is 1.12 bits per heavy atom. The molecule has 1 heterocycles. The van der Waals surface area contributed by atoms with E-state index in [4.69, 9.17) is 9.47 Å². The maximum absolute atomic E-state index is 12.9. The van der Waals surface area contributed by atoms with Crippen LogP contribution in [0.3, 0.4) is 0 Å². The van der Waals surface area contributed by atoms with Crippen LogP contribution < -0.4 is 15.4 Å². The molecule has 2 N–H and O–H groups in total. The van der Waals surface area contributed by atoms with Gasteiger partial charge in [0.1, 0.15) is 17.8 Å². The van der Waals surface area contributed by atoms with E-state index in [1.165, 1.54) is 0 Å². The predicted octanol–water partition coefficient (Wildman–Crippen LogP) is 2.75.